The number of methoxy groups -OCH3 is 1. The molecule has 1 aromatic rings. The van der Waals surface area contributed by atoms with Crippen molar-refractivity contribution in [2.24, 2.45) is 5.41 Å². The molecule has 1 atom stereocenters. The third kappa shape index (κ3) is 5.66. The van der Waals surface area contributed by atoms with Crippen LogP contribution in [0.3, 0.4) is 0 Å². The fourth-order valence-electron chi connectivity index (χ4n) is 2.86. The fourth-order valence-corrected chi connectivity index (χ4v) is 2.86. The predicted octanol–water partition coefficient (Wildman–Crippen LogP) is 1.64. The number of fused-ring (bicyclic) bond motifs is 1. The number of hydrogen-bond donors (Lipinski definition) is 2. The summed E-state index contributed by atoms with van der Waals surface area (Å²) in [6.45, 7) is 6.35. The minimum atomic E-state index is -1.35. The molecule has 164 valence electrons. The summed E-state index contributed by atoms with van der Waals surface area (Å²) < 4.78 is 20.8. The molecule has 2 rings (SSSR count). The first kappa shape index (κ1) is 23.5. The molecule has 10 heteroatoms. The molecule has 0 aromatic heterocycles. The van der Waals surface area contributed by atoms with Crippen LogP contribution < -0.4 is 14.7 Å². The Labute approximate surface area is 176 Å². The third-order valence-electron chi connectivity index (χ3n) is 4.46. The van der Waals surface area contributed by atoms with Gasteiger partial charge in [0.1, 0.15) is 17.1 Å². The summed E-state index contributed by atoms with van der Waals surface area (Å²) in [5.74, 6) is -1.90. The lowest BCUT2D eigenvalue weighted by Crippen LogP contribution is -2.53. The van der Waals surface area contributed by atoms with Crippen LogP contribution in [0.4, 0.5) is 0 Å². The second-order valence-corrected chi connectivity index (χ2v) is 8.00. The highest BCUT2D eigenvalue weighted by Gasteiger charge is 2.39. The lowest BCUT2D eigenvalue weighted by molar-refractivity contribution is -0.161. The Hall–Kier alpha value is -2.75. The third-order valence-corrected chi connectivity index (χ3v) is 4.46. The fraction of sp³-hybridized carbons (Fsp3) is 0.550. The predicted molar refractivity (Wildman–Crippen MR) is 108 cm³/mol. The number of rotatable bonds is 7. The minimum Gasteiger partial charge on any atom is -0.534 e. The van der Waals surface area contributed by atoms with Gasteiger partial charge in [-0.2, -0.15) is 0 Å². The van der Waals surface area contributed by atoms with Gasteiger partial charge in [-0.3, -0.25) is 9.59 Å². The zero-order valence-electron chi connectivity index (χ0n) is 17.9. The Morgan fingerprint density at radius 2 is 1.97 bits per heavy atom. The van der Waals surface area contributed by atoms with Crippen molar-refractivity contribution < 1.29 is 38.3 Å². The average molecular weight is 421 g/mol. The maximum absolute atomic E-state index is 12.7. The van der Waals surface area contributed by atoms with Crippen molar-refractivity contribution >= 4 is 25.0 Å². The van der Waals surface area contributed by atoms with Crippen molar-refractivity contribution in [3.63, 3.8) is 0 Å². The highest BCUT2D eigenvalue weighted by molar-refractivity contribution is 6.47. The number of carbonyl (C=O) groups is 3. The first-order chi connectivity index (χ1) is 14.1. The molecule has 9 nitrogen and oxygen atoms in total. The van der Waals surface area contributed by atoms with Gasteiger partial charge in [0.25, 0.3) is 0 Å². The zero-order valence-corrected chi connectivity index (χ0v) is 17.9. The minimum absolute atomic E-state index is 0.0285. The molecule has 1 amide bonds. The van der Waals surface area contributed by atoms with E-state index in [9.17, 15) is 19.4 Å². The second kappa shape index (κ2) is 9.84. The normalized spacial score (nSPS) is 15.5. The molecule has 0 saturated carbocycles. The summed E-state index contributed by atoms with van der Waals surface area (Å²) in [6.07, 6.45) is 1.28. The van der Waals surface area contributed by atoms with Gasteiger partial charge in [-0.05, 0) is 45.2 Å². The molecule has 30 heavy (non-hydrogen) atoms. The number of nitrogens with one attached hydrogen (secondary N) is 1. The number of benzene rings is 1. The van der Waals surface area contributed by atoms with Crippen molar-refractivity contribution in [2.75, 3.05) is 13.9 Å². The molecule has 1 aromatic carbocycles. The summed E-state index contributed by atoms with van der Waals surface area (Å²) in [5.41, 5.74) is -0.166. The van der Waals surface area contributed by atoms with Crippen molar-refractivity contribution in [3.05, 3.63) is 23.3 Å². The van der Waals surface area contributed by atoms with Gasteiger partial charge in [-0.1, -0.05) is 13.0 Å². The topological polar surface area (TPSA) is 120 Å². The molecule has 0 unspecified atom stereocenters. The van der Waals surface area contributed by atoms with Gasteiger partial charge in [0.2, 0.25) is 12.7 Å². The summed E-state index contributed by atoms with van der Waals surface area (Å²) in [6, 6.07) is 3.26. The quantitative estimate of drug-likeness (QED) is 0.387. The van der Waals surface area contributed by atoms with Crippen LogP contribution in [-0.2, 0) is 25.5 Å². The lowest BCUT2D eigenvalue weighted by Gasteiger charge is -2.29. The summed E-state index contributed by atoms with van der Waals surface area (Å²) in [7, 11) is 0.0289. The number of ether oxygens (including phenoxy) is 3. The van der Waals surface area contributed by atoms with E-state index in [1.54, 1.807) is 32.9 Å². The maximum Gasteiger partial charge on any atom is 0.547 e. The molecular formula is C20H28BNO8. The van der Waals surface area contributed by atoms with Crippen LogP contribution in [0.2, 0.25) is 0 Å². The van der Waals surface area contributed by atoms with Gasteiger partial charge in [0, 0.05) is 6.42 Å². The lowest BCUT2D eigenvalue weighted by atomic mass is 9.72. The van der Waals surface area contributed by atoms with E-state index < -0.39 is 37.2 Å². The second-order valence-electron chi connectivity index (χ2n) is 8.00. The highest BCUT2D eigenvalue weighted by atomic mass is 16.7. The van der Waals surface area contributed by atoms with E-state index in [1.807, 2.05) is 6.92 Å². The van der Waals surface area contributed by atoms with Crippen molar-refractivity contribution in [1.29, 1.82) is 0 Å². The molecule has 1 aliphatic heterocycles. The Morgan fingerprint density at radius 1 is 1.27 bits per heavy atom. The Kier molecular flexibility index (Phi) is 7.72. The van der Waals surface area contributed by atoms with Gasteiger partial charge in [0.05, 0.1) is 18.5 Å². The SMILES string of the molecule is CCCC(=O)N[C@H]1Cc2ccc(OC)c(C(=O)OCOC(=O)C(C)(C)C)c2OB1O. The van der Waals surface area contributed by atoms with Gasteiger partial charge < -0.3 is 29.2 Å². The standard InChI is InChI=1S/C20H28BNO8/c1-6-7-15(23)22-14-10-12-8-9-13(27-5)16(17(12)30-21(14)26)18(24)28-11-29-19(25)20(2,3)4/h8-9,14,26H,6-7,10-11H2,1-5H3,(H,22,23)/t14-/m0/s1. The highest BCUT2D eigenvalue weighted by Crippen LogP contribution is 2.36. The molecule has 0 bridgehead atoms. The van der Waals surface area contributed by atoms with Crippen LogP contribution in [0.15, 0.2) is 12.1 Å². The first-order valence-electron chi connectivity index (χ1n) is 9.76. The van der Waals surface area contributed by atoms with Crippen LogP contribution in [-0.4, -0.2) is 49.8 Å². The number of carbonyl (C=O) groups excluding carboxylic acids is 3. The van der Waals surface area contributed by atoms with E-state index >= 15 is 0 Å². The molecule has 0 spiro atoms. The Bertz CT molecular complexity index is 805. The molecule has 1 heterocycles. The molecule has 0 radical (unpaired) electrons. The number of esters is 2. The van der Waals surface area contributed by atoms with Crippen molar-refractivity contribution in [2.45, 2.75) is 52.9 Å². The smallest absolute Gasteiger partial charge is 0.534 e. The van der Waals surface area contributed by atoms with Crippen LogP contribution in [0.25, 0.3) is 0 Å². The van der Waals surface area contributed by atoms with Crippen LogP contribution in [0.1, 0.15) is 56.5 Å². The monoisotopic (exact) mass is 421 g/mol. The zero-order chi connectivity index (χ0) is 22.5. The molecule has 0 aliphatic carbocycles. The van der Waals surface area contributed by atoms with E-state index in [0.717, 1.165) is 0 Å². The first-order valence-corrected chi connectivity index (χ1v) is 9.76. The number of amides is 1. The average Bonchev–Trinajstić information content (AvgIpc) is 2.67. The number of hydrogen-bond acceptors (Lipinski definition) is 8. The van der Waals surface area contributed by atoms with Gasteiger partial charge in [-0.25, -0.2) is 4.79 Å². The van der Waals surface area contributed by atoms with Crippen molar-refractivity contribution in [1.82, 2.24) is 5.32 Å². The van der Waals surface area contributed by atoms with E-state index in [4.69, 9.17) is 18.9 Å². The van der Waals surface area contributed by atoms with Crippen LogP contribution >= 0.6 is 0 Å². The summed E-state index contributed by atoms with van der Waals surface area (Å²) in [5, 5.41) is 13.1. The van der Waals surface area contributed by atoms with Gasteiger partial charge in [-0.15, -0.1) is 0 Å². The summed E-state index contributed by atoms with van der Waals surface area (Å²) in [4.78, 5) is 36.4. The Morgan fingerprint density at radius 3 is 2.57 bits per heavy atom. The molecule has 0 saturated heterocycles. The largest absolute Gasteiger partial charge is 0.547 e. The van der Waals surface area contributed by atoms with Crippen LogP contribution in [0.5, 0.6) is 11.5 Å². The molecule has 0 fully saturated rings. The van der Waals surface area contributed by atoms with E-state index in [0.29, 0.717) is 18.4 Å². The van der Waals surface area contributed by atoms with E-state index in [1.165, 1.54) is 7.11 Å². The molecular weight excluding hydrogens is 393 g/mol. The van der Waals surface area contributed by atoms with Gasteiger partial charge >= 0.3 is 19.1 Å². The maximum atomic E-state index is 12.7. The molecule has 2 N–H and O–H groups in total. The van der Waals surface area contributed by atoms with E-state index in [2.05, 4.69) is 5.32 Å². The van der Waals surface area contributed by atoms with Gasteiger partial charge in [0.15, 0.2) is 0 Å². The van der Waals surface area contributed by atoms with Crippen molar-refractivity contribution in [3.8, 4) is 11.5 Å². The van der Waals surface area contributed by atoms with Crippen LogP contribution in [0, 0.1) is 5.41 Å². The Balaban J connectivity index is 2.18. The van der Waals surface area contributed by atoms with E-state index in [-0.39, 0.29) is 29.4 Å². The summed E-state index contributed by atoms with van der Waals surface area (Å²) >= 11 is 0. The molecule has 1 aliphatic rings.